The van der Waals surface area contributed by atoms with Crippen LogP contribution in [0, 0.1) is 29.4 Å². The summed E-state index contributed by atoms with van der Waals surface area (Å²) in [5.74, 6) is 4.32. The largest absolute Gasteiger partial charge is 0.508 e. The number of hydrogen-bond acceptors (Lipinski definition) is 8. The summed E-state index contributed by atoms with van der Waals surface area (Å²) in [4.78, 5) is 19.6. The molecule has 1 saturated carbocycles. The number of aromatic hydroxyl groups is 1. The Morgan fingerprint density at radius 2 is 1.96 bits per heavy atom. The van der Waals surface area contributed by atoms with Gasteiger partial charge in [-0.25, -0.2) is 23.8 Å². The van der Waals surface area contributed by atoms with Crippen molar-refractivity contribution in [3.63, 3.8) is 0 Å². The van der Waals surface area contributed by atoms with Crippen LogP contribution >= 0.6 is 10.0 Å². The summed E-state index contributed by atoms with van der Waals surface area (Å²) in [5, 5.41) is 15.8. The van der Waals surface area contributed by atoms with Crippen LogP contribution in [0.2, 0.25) is 0 Å². The van der Waals surface area contributed by atoms with Crippen LogP contribution in [0.3, 0.4) is 0 Å². The number of aryl methyl sites for hydroxylation is 1. The van der Waals surface area contributed by atoms with Crippen molar-refractivity contribution in [3.8, 4) is 35.4 Å². The van der Waals surface area contributed by atoms with Gasteiger partial charge in [-0.2, -0.15) is 9.97 Å². The van der Waals surface area contributed by atoms with Crippen molar-refractivity contribution in [2.45, 2.75) is 57.5 Å². The van der Waals surface area contributed by atoms with E-state index in [-0.39, 0.29) is 51.6 Å². The molecule has 11 heteroatoms. The van der Waals surface area contributed by atoms with E-state index in [0.717, 1.165) is 58.4 Å². The Balaban J connectivity index is 1.23. The van der Waals surface area contributed by atoms with E-state index in [0.29, 0.717) is 40.7 Å². The molecule has 2 aromatic carbocycles. The summed E-state index contributed by atoms with van der Waals surface area (Å²) in [6.45, 7) is 7.39. The number of rotatable bonds is 7. The first-order valence-corrected chi connectivity index (χ1v) is 20.7. The number of anilines is 1. The van der Waals surface area contributed by atoms with Crippen LogP contribution in [-0.4, -0.2) is 100 Å². The lowest BCUT2D eigenvalue weighted by Crippen LogP contribution is -2.56. The third kappa shape index (κ3) is 6.13. The quantitative estimate of drug-likeness (QED) is 0.219. The van der Waals surface area contributed by atoms with Crippen molar-refractivity contribution < 1.29 is 18.6 Å². The first-order chi connectivity index (χ1) is 24.1. The maximum absolute atomic E-state index is 17.2. The molecule has 3 aliphatic heterocycles. The van der Waals surface area contributed by atoms with Gasteiger partial charge in [0.05, 0.1) is 23.3 Å². The number of fused-ring (bicyclic) bond motifs is 3. The van der Waals surface area contributed by atoms with Crippen molar-refractivity contribution in [1.82, 2.24) is 25.2 Å². The molecule has 0 spiro atoms. The standard InChI is InChI=1S/C39H46F2N6O2S/c1-5-25-21-47-26(20-42-25)9-11-31-33-36(34(41)35(43-31)29-19-27(48)18-24-8-10-30(40)28(6-2)32(24)29)44-38(45-37(33)47)49-23-39(12-13-39)22-46-14-7-16-50(3,4)17-15-46/h2,8,10,18-19,25-26,42,48H,5,7,9,11-17,20-23H2,1,3-4H3/t25-,26-/m1/s1. The lowest BCUT2D eigenvalue weighted by Gasteiger charge is -2.40. The van der Waals surface area contributed by atoms with Crippen LogP contribution in [0.5, 0.6) is 11.8 Å². The highest BCUT2D eigenvalue weighted by Crippen LogP contribution is 2.48. The second-order valence-electron chi connectivity index (χ2n) is 15.4. The van der Waals surface area contributed by atoms with E-state index < -0.39 is 21.7 Å². The number of phenols is 1. The van der Waals surface area contributed by atoms with Gasteiger partial charge in [-0.05, 0) is 92.7 Å². The summed E-state index contributed by atoms with van der Waals surface area (Å²) in [6, 6.07) is 6.26. The fourth-order valence-electron chi connectivity index (χ4n) is 8.19. The van der Waals surface area contributed by atoms with Gasteiger partial charge in [0.25, 0.3) is 0 Å². The molecule has 0 bridgehead atoms. The molecule has 264 valence electrons. The number of nitrogens with zero attached hydrogens (tertiary/aromatic N) is 5. The normalized spacial score (nSPS) is 23.5. The zero-order chi connectivity index (χ0) is 34.8. The number of terminal acetylenes is 1. The average molecular weight is 701 g/mol. The van der Waals surface area contributed by atoms with Crippen molar-refractivity contribution in [2.75, 3.05) is 68.2 Å². The molecule has 1 aliphatic carbocycles. The zero-order valence-corrected chi connectivity index (χ0v) is 30.0. The highest BCUT2D eigenvalue weighted by molar-refractivity contribution is 8.32. The molecule has 8 nitrogen and oxygen atoms in total. The van der Waals surface area contributed by atoms with E-state index in [1.807, 2.05) is 0 Å². The van der Waals surface area contributed by atoms with Crippen LogP contribution in [0.4, 0.5) is 14.6 Å². The first-order valence-electron chi connectivity index (χ1n) is 17.9. The molecule has 2 N–H and O–H groups in total. The van der Waals surface area contributed by atoms with E-state index in [1.165, 1.54) is 42.2 Å². The van der Waals surface area contributed by atoms with Crippen molar-refractivity contribution in [1.29, 1.82) is 0 Å². The predicted octanol–water partition coefficient (Wildman–Crippen LogP) is 6.24. The molecule has 2 aromatic heterocycles. The molecule has 5 heterocycles. The number of benzene rings is 2. The van der Waals surface area contributed by atoms with Gasteiger partial charge in [0.2, 0.25) is 0 Å². The molecule has 0 amide bonds. The molecule has 0 unspecified atom stereocenters. The predicted molar refractivity (Wildman–Crippen MR) is 199 cm³/mol. The Morgan fingerprint density at radius 1 is 1.12 bits per heavy atom. The van der Waals surface area contributed by atoms with Gasteiger partial charge in [0.1, 0.15) is 28.6 Å². The van der Waals surface area contributed by atoms with Crippen molar-refractivity contribution in [3.05, 3.63) is 47.2 Å². The number of aromatic nitrogens is 3. The molecule has 2 saturated heterocycles. The van der Waals surface area contributed by atoms with Gasteiger partial charge in [0, 0.05) is 54.6 Å². The molecule has 0 radical (unpaired) electrons. The summed E-state index contributed by atoms with van der Waals surface area (Å²) >= 11 is 0. The second-order valence-corrected chi connectivity index (χ2v) is 19.7. The van der Waals surface area contributed by atoms with Crippen LogP contribution in [-0.2, 0) is 6.42 Å². The fraction of sp³-hybridized carbons (Fsp3) is 0.513. The maximum atomic E-state index is 17.2. The minimum absolute atomic E-state index is 0.00464. The fourth-order valence-corrected chi connectivity index (χ4v) is 10.1. The van der Waals surface area contributed by atoms with Gasteiger partial charge < -0.3 is 25.0 Å². The van der Waals surface area contributed by atoms with Gasteiger partial charge in [-0.3, -0.25) is 0 Å². The number of hydrogen-bond donors (Lipinski definition) is 2. The number of halogens is 2. The number of pyridine rings is 1. The molecular weight excluding hydrogens is 655 g/mol. The molecule has 4 aliphatic rings. The lowest BCUT2D eigenvalue weighted by atomic mass is 9.95. The topological polar surface area (TPSA) is 86.6 Å². The monoisotopic (exact) mass is 700 g/mol. The molecule has 4 aromatic rings. The number of phenolic OH excluding ortho intramolecular Hbond substituents is 1. The van der Waals surface area contributed by atoms with Crippen LogP contribution in [0.25, 0.3) is 32.9 Å². The SMILES string of the molecule is C#Cc1c(F)ccc2cc(O)cc(-c3nc4c5c(nc(OCC6(CN7CCCS(C)(C)CC7)CC6)nc5c3F)N3C[C@@H](CC)NC[C@H]3CC4)c12. The average Bonchev–Trinajstić information content (AvgIpc) is 3.92. The zero-order valence-electron chi connectivity index (χ0n) is 29.2. The third-order valence-corrected chi connectivity index (χ3v) is 14.1. The van der Waals surface area contributed by atoms with Crippen molar-refractivity contribution >= 4 is 37.5 Å². The highest BCUT2D eigenvalue weighted by Gasteiger charge is 2.45. The van der Waals surface area contributed by atoms with E-state index in [1.54, 1.807) is 0 Å². The van der Waals surface area contributed by atoms with Gasteiger partial charge in [-0.15, -0.1) is 6.42 Å². The highest BCUT2D eigenvalue weighted by atomic mass is 32.3. The minimum atomic E-state index is -0.673. The lowest BCUT2D eigenvalue weighted by molar-refractivity contribution is 0.160. The van der Waals surface area contributed by atoms with Crippen LogP contribution in [0.15, 0.2) is 24.3 Å². The molecule has 3 fully saturated rings. The first kappa shape index (κ1) is 33.4. The summed E-state index contributed by atoms with van der Waals surface area (Å²) < 4.78 is 38.7. The van der Waals surface area contributed by atoms with Gasteiger partial charge >= 0.3 is 6.01 Å². The second kappa shape index (κ2) is 12.8. The van der Waals surface area contributed by atoms with E-state index >= 15 is 8.78 Å². The van der Waals surface area contributed by atoms with Gasteiger partial charge in [0.15, 0.2) is 5.82 Å². The van der Waals surface area contributed by atoms with Gasteiger partial charge in [-0.1, -0.05) is 18.9 Å². The van der Waals surface area contributed by atoms with E-state index in [2.05, 4.69) is 40.5 Å². The summed E-state index contributed by atoms with van der Waals surface area (Å²) in [6.07, 6.45) is 16.4. The molecule has 50 heavy (non-hydrogen) atoms. The Kier molecular flexibility index (Phi) is 8.56. The maximum Gasteiger partial charge on any atom is 0.319 e. The number of ether oxygens (including phenoxy) is 1. The van der Waals surface area contributed by atoms with E-state index in [4.69, 9.17) is 26.1 Å². The molecular formula is C39H46F2N6O2S. The Hall–Kier alpha value is -3.72. The summed E-state index contributed by atoms with van der Waals surface area (Å²) in [7, 11) is -0.521. The Labute approximate surface area is 294 Å². The third-order valence-electron chi connectivity index (χ3n) is 11.4. The van der Waals surface area contributed by atoms with Crippen LogP contribution < -0.4 is 15.0 Å². The number of piperazine rings is 1. The van der Waals surface area contributed by atoms with E-state index in [9.17, 15) is 5.11 Å². The number of nitrogens with one attached hydrogen (secondary N) is 1. The van der Waals surface area contributed by atoms with Crippen molar-refractivity contribution in [2.24, 2.45) is 5.41 Å². The van der Waals surface area contributed by atoms with Crippen LogP contribution in [0.1, 0.15) is 50.3 Å². The Morgan fingerprint density at radius 3 is 2.74 bits per heavy atom. The minimum Gasteiger partial charge on any atom is -0.508 e. The molecule has 8 rings (SSSR count). The smallest absolute Gasteiger partial charge is 0.319 e. The summed E-state index contributed by atoms with van der Waals surface area (Å²) in [5.41, 5.74) is 1.02. The molecule has 2 atom stereocenters. The Bertz CT molecular complexity index is 2030.